The van der Waals surface area contributed by atoms with Crippen molar-refractivity contribution in [1.29, 1.82) is 0 Å². The topological polar surface area (TPSA) is 109 Å². The maximum absolute atomic E-state index is 13.9. The van der Waals surface area contributed by atoms with Crippen LogP contribution in [0.5, 0.6) is 0 Å². The SMILES string of the molecule is COC(=O)c1ncn2c1C(=O)N(CCc1c[nH]c3ccc(C)cc13)C(C)(C(=O)NCc1ccc(C)cc1)C2. The first-order valence-electron chi connectivity index (χ1n) is 12.6. The molecule has 5 rings (SSSR count). The predicted octanol–water partition coefficient (Wildman–Crippen LogP) is 3.54. The van der Waals surface area contributed by atoms with Crippen molar-refractivity contribution in [2.45, 2.75) is 45.8 Å². The van der Waals surface area contributed by atoms with Gasteiger partial charge in [-0.25, -0.2) is 9.78 Å². The van der Waals surface area contributed by atoms with Crippen LogP contribution in [0, 0.1) is 13.8 Å². The Balaban J connectivity index is 1.46. The number of H-pyrrole nitrogens is 1. The first-order chi connectivity index (χ1) is 18.2. The average Bonchev–Trinajstić information content (AvgIpc) is 3.51. The van der Waals surface area contributed by atoms with Crippen molar-refractivity contribution in [2.24, 2.45) is 0 Å². The first kappa shape index (κ1) is 25.3. The molecule has 0 saturated heterocycles. The number of esters is 1. The number of aromatic amines is 1. The smallest absolute Gasteiger partial charge is 0.359 e. The highest BCUT2D eigenvalue weighted by Gasteiger charge is 2.48. The fourth-order valence-corrected chi connectivity index (χ4v) is 5.09. The number of carbonyl (C=O) groups is 3. The quantitative estimate of drug-likeness (QED) is 0.368. The summed E-state index contributed by atoms with van der Waals surface area (Å²) in [4.78, 5) is 48.9. The van der Waals surface area contributed by atoms with Gasteiger partial charge in [0.15, 0.2) is 5.69 Å². The third kappa shape index (κ3) is 4.44. The number of nitrogens with one attached hydrogen (secondary N) is 2. The van der Waals surface area contributed by atoms with Gasteiger partial charge in [0.2, 0.25) is 5.91 Å². The van der Waals surface area contributed by atoms with Crippen LogP contribution in [0.3, 0.4) is 0 Å². The fraction of sp³-hybridized carbons (Fsp3) is 0.310. The van der Waals surface area contributed by atoms with Crippen LogP contribution < -0.4 is 5.32 Å². The summed E-state index contributed by atoms with van der Waals surface area (Å²) in [6.07, 6.45) is 3.89. The minimum Gasteiger partial charge on any atom is -0.464 e. The van der Waals surface area contributed by atoms with Crippen LogP contribution in [0.15, 0.2) is 55.0 Å². The summed E-state index contributed by atoms with van der Waals surface area (Å²) >= 11 is 0. The highest BCUT2D eigenvalue weighted by Crippen LogP contribution is 2.30. The zero-order valence-electron chi connectivity index (χ0n) is 22.0. The van der Waals surface area contributed by atoms with E-state index in [1.54, 1.807) is 16.4 Å². The van der Waals surface area contributed by atoms with E-state index >= 15 is 0 Å². The van der Waals surface area contributed by atoms with E-state index in [1.807, 2.05) is 56.4 Å². The molecule has 1 aliphatic heterocycles. The lowest BCUT2D eigenvalue weighted by Gasteiger charge is -2.43. The van der Waals surface area contributed by atoms with Gasteiger partial charge in [-0.2, -0.15) is 0 Å². The van der Waals surface area contributed by atoms with Crippen LogP contribution in [0.1, 0.15) is 50.2 Å². The van der Waals surface area contributed by atoms with Crippen LogP contribution in [-0.4, -0.2) is 56.4 Å². The van der Waals surface area contributed by atoms with Gasteiger partial charge in [0.25, 0.3) is 5.91 Å². The van der Waals surface area contributed by atoms with Gasteiger partial charge >= 0.3 is 5.97 Å². The maximum Gasteiger partial charge on any atom is 0.359 e. The number of amides is 2. The maximum atomic E-state index is 13.9. The average molecular weight is 514 g/mol. The van der Waals surface area contributed by atoms with Crippen LogP contribution >= 0.6 is 0 Å². The monoisotopic (exact) mass is 513 g/mol. The second kappa shape index (κ2) is 9.81. The van der Waals surface area contributed by atoms with E-state index < -0.39 is 17.4 Å². The molecule has 196 valence electrons. The number of hydrogen-bond acceptors (Lipinski definition) is 5. The molecule has 9 nitrogen and oxygen atoms in total. The molecule has 38 heavy (non-hydrogen) atoms. The van der Waals surface area contributed by atoms with E-state index in [1.165, 1.54) is 13.4 Å². The summed E-state index contributed by atoms with van der Waals surface area (Å²) in [7, 11) is 1.25. The van der Waals surface area contributed by atoms with E-state index in [2.05, 4.69) is 21.4 Å². The Bertz CT molecular complexity index is 1530. The molecular formula is C29H31N5O4. The Morgan fingerprint density at radius 3 is 2.61 bits per heavy atom. The Hall–Kier alpha value is -4.40. The van der Waals surface area contributed by atoms with Crippen LogP contribution in [0.4, 0.5) is 0 Å². The number of carbonyl (C=O) groups excluding carboxylic acids is 3. The molecular weight excluding hydrogens is 482 g/mol. The van der Waals surface area contributed by atoms with E-state index in [-0.39, 0.29) is 30.4 Å². The lowest BCUT2D eigenvalue weighted by molar-refractivity contribution is -0.133. The van der Waals surface area contributed by atoms with Crippen molar-refractivity contribution in [3.8, 4) is 0 Å². The second-order valence-electron chi connectivity index (χ2n) is 10.1. The molecule has 1 unspecified atom stereocenters. The summed E-state index contributed by atoms with van der Waals surface area (Å²) in [5.41, 5.74) is 4.18. The van der Waals surface area contributed by atoms with Gasteiger partial charge in [0, 0.05) is 30.2 Å². The summed E-state index contributed by atoms with van der Waals surface area (Å²) in [5, 5.41) is 4.10. The summed E-state index contributed by atoms with van der Waals surface area (Å²) < 4.78 is 6.42. The zero-order chi connectivity index (χ0) is 27.0. The lowest BCUT2D eigenvalue weighted by Crippen LogP contribution is -2.64. The van der Waals surface area contributed by atoms with Crippen molar-refractivity contribution in [3.05, 3.63) is 88.6 Å². The number of hydrogen-bond donors (Lipinski definition) is 2. The van der Waals surface area contributed by atoms with Crippen molar-refractivity contribution < 1.29 is 19.1 Å². The van der Waals surface area contributed by atoms with E-state index in [4.69, 9.17) is 4.74 Å². The molecule has 2 aromatic carbocycles. The standard InChI is InChI=1S/C29H31N5O4/c1-18-5-8-20(9-6-18)14-31-28(37)29(3)16-33-17-32-24(27(36)38-4)25(33)26(35)34(29)12-11-21-15-30-23-10-7-19(2)13-22(21)23/h5-10,13,15,17,30H,11-12,14,16H2,1-4H3,(H,31,37). The molecule has 3 heterocycles. The van der Waals surface area contributed by atoms with E-state index in [9.17, 15) is 14.4 Å². The van der Waals surface area contributed by atoms with Crippen LogP contribution in [0.2, 0.25) is 0 Å². The molecule has 9 heteroatoms. The third-order valence-electron chi connectivity index (χ3n) is 7.33. The van der Waals surface area contributed by atoms with Gasteiger partial charge in [-0.3, -0.25) is 9.59 Å². The summed E-state index contributed by atoms with van der Waals surface area (Å²) in [6.45, 7) is 6.58. The molecule has 2 N–H and O–H groups in total. The molecule has 2 aromatic heterocycles. The highest BCUT2D eigenvalue weighted by molar-refractivity contribution is 6.06. The zero-order valence-corrected chi connectivity index (χ0v) is 22.0. The second-order valence-corrected chi connectivity index (χ2v) is 10.1. The number of aryl methyl sites for hydroxylation is 2. The molecule has 1 aliphatic rings. The number of ether oxygens (including phenoxy) is 1. The molecule has 2 amide bonds. The minimum absolute atomic E-state index is 0.0488. The van der Waals surface area contributed by atoms with Crippen molar-refractivity contribution in [3.63, 3.8) is 0 Å². The van der Waals surface area contributed by atoms with Crippen LogP contribution in [-0.2, 0) is 29.0 Å². The number of rotatable bonds is 7. The van der Waals surface area contributed by atoms with Gasteiger partial charge in [-0.05, 0) is 50.5 Å². The molecule has 0 bridgehead atoms. The van der Waals surface area contributed by atoms with Gasteiger partial charge in [-0.15, -0.1) is 0 Å². The Morgan fingerprint density at radius 1 is 1.13 bits per heavy atom. The molecule has 0 spiro atoms. The molecule has 0 saturated carbocycles. The normalized spacial score (nSPS) is 16.9. The number of fused-ring (bicyclic) bond motifs is 2. The summed E-state index contributed by atoms with van der Waals surface area (Å²) in [5.74, 6) is -1.40. The Labute approximate surface area is 220 Å². The number of imidazole rings is 1. The largest absolute Gasteiger partial charge is 0.464 e. The third-order valence-corrected chi connectivity index (χ3v) is 7.33. The highest BCUT2D eigenvalue weighted by atomic mass is 16.5. The molecule has 0 aliphatic carbocycles. The number of nitrogens with zero attached hydrogens (tertiary/aromatic N) is 3. The van der Waals surface area contributed by atoms with Crippen molar-refractivity contribution in [2.75, 3.05) is 13.7 Å². The van der Waals surface area contributed by atoms with Crippen LogP contribution in [0.25, 0.3) is 10.9 Å². The van der Waals surface area contributed by atoms with Gasteiger partial charge in [0.1, 0.15) is 11.2 Å². The van der Waals surface area contributed by atoms with Gasteiger partial charge in [-0.1, -0.05) is 41.5 Å². The Morgan fingerprint density at radius 2 is 1.87 bits per heavy atom. The fourth-order valence-electron chi connectivity index (χ4n) is 5.09. The number of methoxy groups -OCH3 is 1. The Kier molecular flexibility index (Phi) is 6.52. The lowest BCUT2D eigenvalue weighted by atomic mass is 9.93. The molecule has 1 atom stereocenters. The van der Waals surface area contributed by atoms with Gasteiger partial charge in [0.05, 0.1) is 20.0 Å². The molecule has 0 radical (unpaired) electrons. The van der Waals surface area contributed by atoms with Crippen molar-refractivity contribution in [1.82, 2.24) is 24.8 Å². The minimum atomic E-state index is -1.20. The number of benzene rings is 2. The van der Waals surface area contributed by atoms with Crippen molar-refractivity contribution >= 4 is 28.7 Å². The molecule has 0 fully saturated rings. The molecule has 4 aromatic rings. The first-order valence-corrected chi connectivity index (χ1v) is 12.6. The van der Waals surface area contributed by atoms with E-state index in [0.717, 1.165) is 33.2 Å². The number of aromatic nitrogens is 3. The van der Waals surface area contributed by atoms with Gasteiger partial charge < -0.3 is 24.5 Å². The predicted molar refractivity (Wildman–Crippen MR) is 143 cm³/mol. The van der Waals surface area contributed by atoms with E-state index in [0.29, 0.717) is 13.0 Å². The summed E-state index contributed by atoms with van der Waals surface area (Å²) in [6, 6.07) is 14.1.